The Hall–Kier alpha value is 0.160. The van der Waals surface area contributed by atoms with Gasteiger partial charge in [0.15, 0.2) is 6.61 Å². The molecule has 0 amide bonds. The van der Waals surface area contributed by atoms with Crippen LogP contribution in [-0.2, 0) is 7.05 Å². The first-order chi connectivity index (χ1) is 8.99. The molecule has 0 bridgehead atoms. The van der Waals surface area contributed by atoms with E-state index in [1.807, 2.05) is 31.4 Å². The van der Waals surface area contributed by atoms with E-state index >= 15 is 0 Å². The van der Waals surface area contributed by atoms with Crippen molar-refractivity contribution in [1.29, 1.82) is 0 Å². The lowest BCUT2D eigenvalue weighted by Crippen LogP contribution is -2.15. The third kappa shape index (κ3) is 3.84. The summed E-state index contributed by atoms with van der Waals surface area (Å²) in [5.41, 5.74) is 0.663. The van der Waals surface area contributed by atoms with Crippen molar-refractivity contribution in [2.75, 3.05) is 6.61 Å². The van der Waals surface area contributed by atoms with E-state index < -0.39 is 0 Å². The van der Waals surface area contributed by atoms with Crippen LogP contribution in [0.4, 0.5) is 0 Å². The summed E-state index contributed by atoms with van der Waals surface area (Å²) < 4.78 is 10.7. The molecule has 3 nitrogen and oxygen atoms in total. The highest BCUT2D eigenvalue weighted by atomic mass is 127. The van der Waals surface area contributed by atoms with E-state index in [0.29, 0.717) is 5.69 Å². The Morgan fingerprint density at radius 1 is 1.26 bits per heavy atom. The molecule has 100 valence electrons. The predicted octanol–water partition coefficient (Wildman–Crippen LogP) is 4.10. The van der Waals surface area contributed by atoms with Gasteiger partial charge in [0.05, 0.1) is 12.8 Å². The van der Waals surface area contributed by atoms with Gasteiger partial charge in [0.1, 0.15) is 5.75 Å². The van der Waals surface area contributed by atoms with Crippen LogP contribution in [0.1, 0.15) is 10.5 Å². The van der Waals surface area contributed by atoms with Crippen LogP contribution < -0.4 is 4.74 Å². The topological polar surface area (TPSA) is 31.2 Å². The van der Waals surface area contributed by atoms with Gasteiger partial charge in [-0.05, 0) is 92.0 Å². The summed E-state index contributed by atoms with van der Waals surface area (Å²) in [4.78, 5) is 12.0. The second kappa shape index (κ2) is 6.74. The van der Waals surface area contributed by atoms with Crippen molar-refractivity contribution in [3.05, 3.63) is 46.9 Å². The van der Waals surface area contributed by atoms with Crippen molar-refractivity contribution < 1.29 is 9.53 Å². The molecule has 19 heavy (non-hydrogen) atoms. The maximum absolute atomic E-state index is 12.0. The molecule has 1 aromatic heterocycles. The molecule has 0 saturated carbocycles. The summed E-state index contributed by atoms with van der Waals surface area (Å²) >= 11 is 6.72. The summed E-state index contributed by atoms with van der Waals surface area (Å²) in [6.45, 7) is 0.0600. The molecule has 1 heterocycles. The summed E-state index contributed by atoms with van der Waals surface area (Å²) in [6, 6.07) is 7.72. The average molecular weight is 593 g/mol. The van der Waals surface area contributed by atoms with Crippen LogP contribution >= 0.6 is 67.8 Å². The normalized spacial score (nSPS) is 10.5. The van der Waals surface area contributed by atoms with Crippen molar-refractivity contribution >= 4 is 73.6 Å². The molecule has 0 saturated heterocycles. The number of hydrogen-bond donors (Lipinski definition) is 0. The molecule has 0 N–H and O–H groups in total. The van der Waals surface area contributed by atoms with E-state index in [1.54, 1.807) is 10.6 Å². The highest BCUT2D eigenvalue weighted by molar-refractivity contribution is 14.1. The van der Waals surface area contributed by atoms with Gasteiger partial charge in [-0.3, -0.25) is 4.79 Å². The fraction of sp³-hybridized carbons (Fsp3) is 0.154. The Balaban J connectivity index is 2.12. The maximum atomic E-state index is 12.0. The number of carbonyl (C=O) groups excluding carboxylic acids is 1. The zero-order valence-electron chi connectivity index (χ0n) is 9.99. The van der Waals surface area contributed by atoms with Crippen LogP contribution in [0.15, 0.2) is 30.5 Å². The smallest absolute Gasteiger partial charge is 0.216 e. The number of ether oxygens (including phenoxy) is 1. The van der Waals surface area contributed by atoms with E-state index in [9.17, 15) is 4.79 Å². The van der Waals surface area contributed by atoms with Gasteiger partial charge in [-0.2, -0.15) is 0 Å². The minimum absolute atomic E-state index is 0.0161. The molecule has 2 aromatic rings. The number of nitrogens with zero attached hydrogens (tertiary/aromatic N) is 1. The number of hydrogen-bond acceptors (Lipinski definition) is 2. The molecule has 0 fully saturated rings. The Kier molecular flexibility index (Phi) is 5.52. The first-order valence-corrected chi connectivity index (χ1v) is 8.64. The Bertz CT molecular complexity index is 599. The molecule has 0 radical (unpaired) electrons. The Morgan fingerprint density at radius 3 is 2.42 bits per heavy atom. The van der Waals surface area contributed by atoms with Crippen LogP contribution in [-0.4, -0.2) is 17.0 Å². The van der Waals surface area contributed by atoms with Crippen molar-refractivity contribution in [3.63, 3.8) is 0 Å². The molecule has 1 aromatic carbocycles. The van der Waals surface area contributed by atoms with Crippen molar-refractivity contribution in [3.8, 4) is 5.75 Å². The third-order valence-corrected chi connectivity index (χ3v) is 4.77. The van der Waals surface area contributed by atoms with Gasteiger partial charge in [-0.1, -0.05) is 0 Å². The van der Waals surface area contributed by atoms with Crippen LogP contribution in [0.5, 0.6) is 5.75 Å². The summed E-state index contributed by atoms with van der Waals surface area (Å²) in [7, 11) is 1.85. The molecule has 2 rings (SSSR count). The van der Waals surface area contributed by atoms with E-state index in [0.717, 1.165) is 16.5 Å². The van der Waals surface area contributed by atoms with Crippen LogP contribution in [0.3, 0.4) is 0 Å². The molecular weight excluding hydrogens is 583 g/mol. The fourth-order valence-corrected chi connectivity index (χ4v) is 5.52. The molecule has 0 aliphatic carbocycles. The molecular formula is C13H10I3NO2. The lowest BCUT2D eigenvalue weighted by Gasteiger charge is -2.10. The predicted molar refractivity (Wildman–Crippen MR) is 99.8 cm³/mol. The molecule has 0 aliphatic rings. The van der Waals surface area contributed by atoms with Crippen molar-refractivity contribution in [2.24, 2.45) is 7.05 Å². The van der Waals surface area contributed by atoms with E-state index in [4.69, 9.17) is 4.74 Å². The molecule has 6 heteroatoms. The van der Waals surface area contributed by atoms with E-state index in [-0.39, 0.29) is 12.4 Å². The van der Waals surface area contributed by atoms with Gasteiger partial charge in [0.2, 0.25) is 5.78 Å². The lowest BCUT2D eigenvalue weighted by molar-refractivity contribution is 0.0912. The first-order valence-electron chi connectivity index (χ1n) is 5.41. The zero-order valence-corrected chi connectivity index (χ0v) is 16.5. The number of rotatable bonds is 4. The van der Waals surface area contributed by atoms with Gasteiger partial charge < -0.3 is 9.30 Å². The summed E-state index contributed by atoms with van der Waals surface area (Å²) in [5.74, 6) is 0.766. The summed E-state index contributed by atoms with van der Waals surface area (Å²) in [6.07, 6.45) is 1.85. The first kappa shape index (κ1) is 15.5. The number of ketones is 1. The summed E-state index contributed by atoms with van der Waals surface area (Å²) in [5, 5.41) is 0. The minimum Gasteiger partial charge on any atom is -0.483 e. The van der Waals surface area contributed by atoms with Gasteiger partial charge in [-0.25, -0.2) is 0 Å². The Morgan fingerprint density at radius 2 is 1.89 bits per heavy atom. The number of carbonyl (C=O) groups is 1. The van der Waals surface area contributed by atoms with Crippen LogP contribution in [0.2, 0.25) is 0 Å². The maximum Gasteiger partial charge on any atom is 0.216 e. The molecule has 0 spiro atoms. The number of aryl methyl sites for hydroxylation is 1. The number of aromatic nitrogens is 1. The van der Waals surface area contributed by atoms with E-state index in [2.05, 4.69) is 67.8 Å². The minimum atomic E-state index is -0.0161. The Labute approximate surface area is 152 Å². The highest BCUT2D eigenvalue weighted by Crippen LogP contribution is 2.29. The molecule has 0 atom stereocenters. The van der Waals surface area contributed by atoms with Gasteiger partial charge in [0, 0.05) is 16.8 Å². The zero-order chi connectivity index (χ0) is 14.0. The number of halogens is 3. The van der Waals surface area contributed by atoms with Crippen LogP contribution in [0, 0.1) is 10.7 Å². The average Bonchev–Trinajstić information content (AvgIpc) is 2.73. The molecule has 0 unspecified atom stereocenters. The monoisotopic (exact) mass is 593 g/mol. The lowest BCUT2D eigenvalue weighted by atomic mass is 10.3. The van der Waals surface area contributed by atoms with Crippen molar-refractivity contribution in [1.82, 2.24) is 4.57 Å². The second-order valence-corrected chi connectivity index (χ2v) is 7.48. The quantitative estimate of drug-likeness (QED) is 0.396. The van der Waals surface area contributed by atoms with Crippen molar-refractivity contribution in [2.45, 2.75) is 0 Å². The van der Waals surface area contributed by atoms with Crippen LogP contribution in [0.25, 0.3) is 0 Å². The SMILES string of the molecule is Cn1cccc1C(=O)COc1c(I)cc(I)cc1I. The number of Topliss-reactive ketones (excluding diaryl/α,β-unsaturated/α-hetero) is 1. The largest absolute Gasteiger partial charge is 0.483 e. The fourth-order valence-electron chi connectivity index (χ4n) is 1.63. The standard InChI is InChI=1S/C13H10I3NO2/c1-17-4-2-3-11(17)12(18)7-19-13-9(15)5-8(14)6-10(13)16/h2-6H,7H2,1H3. The molecule has 0 aliphatic heterocycles. The van der Waals surface area contributed by atoms with E-state index in [1.165, 1.54) is 0 Å². The third-order valence-electron chi connectivity index (χ3n) is 2.54. The highest BCUT2D eigenvalue weighted by Gasteiger charge is 2.13. The van der Waals surface area contributed by atoms with Gasteiger partial charge in [0.25, 0.3) is 0 Å². The van der Waals surface area contributed by atoms with Gasteiger partial charge >= 0.3 is 0 Å². The number of benzene rings is 1. The second-order valence-electron chi connectivity index (χ2n) is 3.91. The van der Waals surface area contributed by atoms with Gasteiger partial charge in [-0.15, -0.1) is 0 Å².